The predicted octanol–water partition coefficient (Wildman–Crippen LogP) is 4.52. The minimum absolute atomic E-state index is 0.0590. The number of nitrogens with one attached hydrogen (secondary N) is 1. The first kappa shape index (κ1) is 21.6. The molecular formula is C22H19BrN4O5. The zero-order valence-electron chi connectivity index (χ0n) is 17.5. The highest BCUT2D eigenvalue weighted by Crippen LogP contribution is 2.29. The number of hydrogen-bond acceptors (Lipinski definition) is 7. The summed E-state index contributed by atoms with van der Waals surface area (Å²) in [5.74, 6) is -0.0176. The summed E-state index contributed by atoms with van der Waals surface area (Å²) in [4.78, 5) is 30.0. The lowest BCUT2D eigenvalue weighted by Gasteiger charge is -2.13. The van der Waals surface area contributed by atoms with Gasteiger partial charge in [0.05, 0.1) is 19.9 Å². The molecule has 0 saturated heterocycles. The lowest BCUT2D eigenvalue weighted by atomic mass is 10.1. The average Bonchev–Trinajstić information content (AvgIpc) is 3.40. The largest absolute Gasteiger partial charge is 0.494 e. The van der Waals surface area contributed by atoms with Crippen molar-refractivity contribution in [2.45, 2.75) is 13.8 Å². The van der Waals surface area contributed by atoms with Crippen LogP contribution in [0.15, 0.2) is 51.7 Å². The van der Waals surface area contributed by atoms with Crippen molar-refractivity contribution in [1.82, 2.24) is 14.8 Å². The van der Waals surface area contributed by atoms with Gasteiger partial charge in [-0.15, -0.1) is 0 Å². The molecule has 4 rings (SSSR count). The smallest absolute Gasteiger partial charge is 0.343 e. The van der Waals surface area contributed by atoms with E-state index in [1.807, 2.05) is 31.2 Å². The maximum Gasteiger partial charge on any atom is 0.343 e. The SMILES string of the molecule is CCOC(=O)c1cnn(-c2cc(C)c3cccc(OC)c3n2)c1NC(=O)c1ccc(Br)o1. The van der Waals surface area contributed by atoms with Crippen molar-refractivity contribution in [3.63, 3.8) is 0 Å². The van der Waals surface area contributed by atoms with Gasteiger partial charge in [0.1, 0.15) is 16.8 Å². The Morgan fingerprint density at radius 1 is 1.25 bits per heavy atom. The fourth-order valence-corrected chi connectivity index (χ4v) is 3.56. The highest BCUT2D eigenvalue weighted by atomic mass is 79.9. The normalized spacial score (nSPS) is 10.9. The molecule has 32 heavy (non-hydrogen) atoms. The molecule has 0 bridgehead atoms. The average molecular weight is 499 g/mol. The van der Waals surface area contributed by atoms with Crippen molar-refractivity contribution >= 4 is 44.5 Å². The molecule has 1 amide bonds. The van der Waals surface area contributed by atoms with Crippen molar-refractivity contribution in [3.8, 4) is 11.6 Å². The molecule has 0 spiro atoms. The minimum Gasteiger partial charge on any atom is -0.494 e. The summed E-state index contributed by atoms with van der Waals surface area (Å²) in [6.07, 6.45) is 1.33. The number of furan rings is 1. The Bertz CT molecular complexity index is 1330. The number of carbonyl (C=O) groups excluding carboxylic acids is 2. The summed E-state index contributed by atoms with van der Waals surface area (Å²) in [5.41, 5.74) is 1.64. The number of hydrogen-bond donors (Lipinski definition) is 1. The number of halogens is 1. The Labute approximate surface area is 191 Å². The van der Waals surface area contributed by atoms with E-state index in [2.05, 4.69) is 31.3 Å². The Morgan fingerprint density at radius 3 is 2.75 bits per heavy atom. The van der Waals surface area contributed by atoms with E-state index in [4.69, 9.17) is 13.9 Å². The Kier molecular flexibility index (Phi) is 5.95. The number of para-hydroxylation sites is 1. The second-order valence-electron chi connectivity index (χ2n) is 6.75. The van der Waals surface area contributed by atoms with Crippen molar-refractivity contribution in [3.05, 3.63) is 64.2 Å². The van der Waals surface area contributed by atoms with Crippen LogP contribution in [0.5, 0.6) is 5.75 Å². The molecule has 164 valence electrons. The van der Waals surface area contributed by atoms with Crippen LogP contribution in [0.1, 0.15) is 33.4 Å². The molecule has 0 aliphatic rings. The predicted molar refractivity (Wildman–Crippen MR) is 120 cm³/mol. The number of fused-ring (bicyclic) bond motifs is 1. The molecule has 0 aliphatic carbocycles. The number of nitrogens with zero attached hydrogens (tertiary/aromatic N) is 3. The van der Waals surface area contributed by atoms with Crippen molar-refractivity contribution < 1.29 is 23.5 Å². The maximum absolute atomic E-state index is 12.8. The Balaban J connectivity index is 1.85. The van der Waals surface area contributed by atoms with Crippen molar-refractivity contribution in [2.24, 2.45) is 0 Å². The number of esters is 1. The molecule has 4 aromatic rings. The summed E-state index contributed by atoms with van der Waals surface area (Å²) in [5, 5.41) is 7.91. The van der Waals surface area contributed by atoms with Gasteiger partial charge in [-0.3, -0.25) is 4.79 Å². The molecular weight excluding hydrogens is 480 g/mol. The van der Waals surface area contributed by atoms with Gasteiger partial charge in [-0.25, -0.2) is 9.78 Å². The fourth-order valence-electron chi connectivity index (χ4n) is 3.25. The molecule has 9 nitrogen and oxygen atoms in total. The standard InChI is InChI=1S/C22H19BrN4O5/c1-4-31-22(29)14-11-24-27(20(14)26-21(28)16-8-9-17(23)32-16)18-10-12(2)13-6-5-7-15(30-3)19(13)25-18/h5-11H,4H2,1-3H3,(H,26,28). The van der Waals surface area contributed by atoms with Gasteiger partial charge in [-0.2, -0.15) is 9.78 Å². The highest BCUT2D eigenvalue weighted by Gasteiger charge is 2.24. The number of pyridine rings is 1. The van der Waals surface area contributed by atoms with Gasteiger partial charge in [0.2, 0.25) is 0 Å². The number of ether oxygens (including phenoxy) is 2. The van der Waals surface area contributed by atoms with Crippen LogP contribution >= 0.6 is 15.9 Å². The third-order valence-electron chi connectivity index (χ3n) is 4.73. The molecule has 0 aliphatic heterocycles. The van der Waals surface area contributed by atoms with Crippen LogP contribution in [-0.2, 0) is 4.74 Å². The third kappa shape index (κ3) is 3.96. The first-order valence-corrected chi connectivity index (χ1v) is 10.5. The molecule has 1 N–H and O–H groups in total. The van der Waals surface area contributed by atoms with E-state index in [0.29, 0.717) is 21.8 Å². The van der Waals surface area contributed by atoms with E-state index in [1.165, 1.54) is 16.9 Å². The summed E-state index contributed by atoms with van der Waals surface area (Å²) in [6.45, 7) is 3.80. The molecule has 10 heteroatoms. The zero-order valence-corrected chi connectivity index (χ0v) is 19.1. The second kappa shape index (κ2) is 8.83. The monoisotopic (exact) mass is 498 g/mol. The van der Waals surface area contributed by atoms with E-state index in [9.17, 15) is 9.59 Å². The lowest BCUT2D eigenvalue weighted by molar-refractivity contribution is 0.0527. The van der Waals surface area contributed by atoms with E-state index in [-0.39, 0.29) is 23.7 Å². The number of aryl methyl sites for hydroxylation is 1. The van der Waals surface area contributed by atoms with Crippen LogP contribution in [0.2, 0.25) is 0 Å². The first-order chi connectivity index (χ1) is 15.4. The van der Waals surface area contributed by atoms with Crippen LogP contribution in [-0.4, -0.2) is 40.4 Å². The minimum atomic E-state index is -0.621. The Morgan fingerprint density at radius 2 is 2.06 bits per heavy atom. The second-order valence-corrected chi connectivity index (χ2v) is 7.53. The quantitative estimate of drug-likeness (QED) is 0.389. The van der Waals surface area contributed by atoms with Gasteiger partial charge in [-0.1, -0.05) is 12.1 Å². The summed E-state index contributed by atoms with van der Waals surface area (Å²) < 4.78 is 17.7. The summed E-state index contributed by atoms with van der Waals surface area (Å²) in [6, 6.07) is 10.5. The summed E-state index contributed by atoms with van der Waals surface area (Å²) in [7, 11) is 1.57. The number of anilines is 1. The number of carbonyl (C=O) groups is 2. The third-order valence-corrected chi connectivity index (χ3v) is 5.15. The number of methoxy groups -OCH3 is 1. The van der Waals surface area contributed by atoms with Crippen LogP contribution in [0.3, 0.4) is 0 Å². The first-order valence-electron chi connectivity index (χ1n) is 9.69. The van der Waals surface area contributed by atoms with Crippen LogP contribution in [0.4, 0.5) is 5.82 Å². The van der Waals surface area contributed by atoms with Gasteiger partial charge in [0.15, 0.2) is 22.1 Å². The van der Waals surface area contributed by atoms with Crippen LogP contribution in [0, 0.1) is 6.92 Å². The number of rotatable bonds is 6. The van der Waals surface area contributed by atoms with Crippen LogP contribution in [0.25, 0.3) is 16.7 Å². The topological polar surface area (TPSA) is 108 Å². The van der Waals surface area contributed by atoms with Gasteiger partial charge < -0.3 is 19.2 Å². The molecule has 1 aromatic carbocycles. The number of aromatic nitrogens is 3. The van der Waals surface area contributed by atoms with E-state index >= 15 is 0 Å². The molecule has 3 aromatic heterocycles. The van der Waals surface area contributed by atoms with E-state index < -0.39 is 11.9 Å². The van der Waals surface area contributed by atoms with Gasteiger partial charge in [0, 0.05) is 5.39 Å². The molecule has 0 atom stereocenters. The Hall–Kier alpha value is -3.66. The molecule has 0 unspecified atom stereocenters. The molecule has 0 fully saturated rings. The number of benzene rings is 1. The van der Waals surface area contributed by atoms with E-state index in [1.54, 1.807) is 20.1 Å². The maximum atomic E-state index is 12.8. The molecule has 0 radical (unpaired) electrons. The zero-order chi connectivity index (χ0) is 22.8. The van der Waals surface area contributed by atoms with Gasteiger partial charge in [0.25, 0.3) is 5.91 Å². The fraction of sp³-hybridized carbons (Fsp3) is 0.182. The highest BCUT2D eigenvalue weighted by molar-refractivity contribution is 9.10. The van der Waals surface area contributed by atoms with Gasteiger partial charge in [-0.05, 0) is 59.6 Å². The van der Waals surface area contributed by atoms with E-state index in [0.717, 1.165) is 10.9 Å². The molecule has 3 heterocycles. The summed E-state index contributed by atoms with van der Waals surface area (Å²) >= 11 is 3.17. The lowest BCUT2D eigenvalue weighted by Crippen LogP contribution is -2.18. The number of amides is 1. The van der Waals surface area contributed by atoms with Crippen molar-refractivity contribution in [2.75, 3.05) is 19.0 Å². The van der Waals surface area contributed by atoms with Crippen molar-refractivity contribution in [1.29, 1.82) is 0 Å². The van der Waals surface area contributed by atoms with Crippen LogP contribution < -0.4 is 10.1 Å². The van der Waals surface area contributed by atoms with Gasteiger partial charge >= 0.3 is 5.97 Å². The molecule has 0 saturated carbocycles.